The number of nitrogens with zero attached hydrogens (tertiary/aromatic N) is 2. The van der Waals surface area contributed by atoms with Crippen molar-refractivity contribution in [3.63, 3.8) is 0 Å². The lowest BCUT2D eigenvalue weighted by molar-refractivity contribution is -0.123. The summed E-state index contributed by atoms with van der Waals surface area (Å²) in [7, 11) is 0. The summed E-state index contributed by atoms with van der Waals surface area (Å²) in [6.07, 6.45) is 2.34. The van der Waals surface area contributed by atoms with Gasteiger partial charge in [0.25, 0.3) is 5.91 Å². The van der Waals surface area contributed by atoms with Gasteiger partial charge in [0.05, 0.1) is 10.7 Å². The molecule has 2 N–H and O–H groups in total. The molecule has 2 rings (SSSR count). The number of hydrogen-bond acceptors (Lipinski definition) is 5. The molecule has 0 unspecified atom stereocenters. The van der Waals surface area contributed by atoms with E-state index in [2.05, 4.69) is 52.1 Å². The van der Waals surface area contributed by atoms with Crippen LogP contribution in [0.15, 0.2) is 46.0 Å². The minimum Gasteiger partial charge on any atom is -0.507 e. The minimum absolute atomic E-state index is 0.110. The summed E-state index contributed by atoms with van der Waals surface area (Å²) < 4.78 is 6.31. The molecule has 0 aromatic heterocycles. The summed E-state index contributed by atoms with van der Waals surface area (Å²) in [6.45, 7) is 7.75. The van der Waals surface area contributed by atoms with E-state index in [4.69, 9.17) is 4.74 Å². The Morgan fingerprint density at radius 2 is 1.96 bits per heavy atom. The molecular formula is C21H26BrN3O3. The van der Waals surface area contributed by atoms with Gasteiger partial charge < -0.3 is 14.7 Å². The summed E-state index contributed by atoms with van der Waals surface area (Å²) in [5.41, 5.74) is 5.04. The number of rotatable bonds is 9. The Hall–Kier alpha value is -2.54. The Balaban J connectivity index is 1.89. The number of aromatic hydroxyl groups is 1. The van der Waals surface area contributed by atoms with Crippen molar-refractivity contribution in [2.45, 2.75) is 27.2 Å². The van der Waals surface area contributed by atoms with Gasteiger partial charge in [0.2, 0.25) is 0 Å². The van der Waals surface area contributed by atoms with Crippen LogP contribution in [0.5, 0.6) is 11.5 Å². The standard InChI is InChI=1S/C21H26BrN3O3/c1-4-15-7-10-20(18(22)11-15)28-14-21(27)24-23-13-16-8-9-17(12-19(16)26)25(5-2)6-3/h7-13,26H,4-6,14H2,1-3H3,(H,24,27)/b23-13+. The molecule has 6 nitrogen and oxygen atoms in total. The van der Waals surface area contributed by atoms with Crippen molar-refractivity contribution < 1.29 is 14.6 Å². The number of carbonyl (C=O) groups is 1. The second-order valence-corrected chi connectivity index (χ2v) is 6.97. The second kappa shape index (κ2) is 10.7. The molecule has 0 saturated heterocycles. The molecule has 28 heavy (non-hydrogen) atoms. The number of hydrogen-bond donors (Lipinski definition) is 2. The molecule has 1 amide bonds. The number of benzene rings is 2. The van der Waals surface area contributed by atoms with E-state index in [0.29, 0.717) is 11.3 Å². The van der Waals surface area contributed by atoms with E-state index in [1.165, 1.54) is 11.8 Å². The van der Waals surface area contributed by atoms with E-state index in [0.717, 1.165) is 29.7 Å². The molecule has 0 aliphatic carbocycles. The van der Waals surface area contributed by atoms with Crippen LogP contribution in [-0.2, 0) is 11.2 Å². The SMILES string of the molecule is CCc1ccc(OCC(=O)N/N=C/c2ccc(N(CC)CC)cc2O)c(Br)c1. The Bertz CT molecular complexity index is 836. The Kier molecular flexibility index (Phi) is 8.32. The number of nitrogens with one attached hydrogen (secondary N) is 1. The lowest BCUT2D eigenvalue weighted by Gasteiger charge is -2.21. The maximum atomic E-state index is 11.9. The molecule has 2 aromatic rings. The molecular weight excluding hydrogens is 422 g/mol. The van der Waals surface area contributed by atoms with Gasteiger partial charge in [0.15, 0.2) is 6.61 Å². The molecule has 0 bridgehead atoms. The molecule has 0 atom stereocenters. The predicted octanol–water partition coefficient (Wildman–Crippen LogP) is 4.09. The molecule has 7 heteroatoms. The summed E-state index contributed by atoms with van der Waals surface area (Å²) in [4.78, 5) is 14.0. The van der Waals surface area contributed by atoms with E-state index in [1.54, 1.807) is 12.1 Å². The number of aryl methyl sites for hydroxylation is 1. The number of anilines is 1. The summed E-state index contributed by atoms with van der Waals surface area (Å²) in [6, 6.07) is 11.1. The van der Waals surface area contributed by atoms with Gasteiger partial charge in [-0.1, -0.05) is 13.0 Å². The quantitative estimate of drug-likeness (QED) is 0.448. The Morgan fingerprint density at radius 1 is 1.21 bits per heavy atom. The third kappa shape index (κ3) is 5.99. The Labute approximate surface area is 174 Å². The number of phenols is 1. The first-order valence-electron chi connectivity index (χ1n) is 9.29. The van der Waals surface area contributed by atoms with E-state index in [1.807, 2.05) is 24.3 Å². The zero-order chi connectivity index (χ0) is 20.5. The third-order valence-corrected chi connectivity index (χ3v) is 4.92. The van der Waals surface area contributed by atoms with E-state index in [9.17, 15) is 9.90 Å². The third-order valence-electron chi connectivity index (χ3n) is 4.30. The average molecular weight is 448 g/mol. The monoisotopic (exact) mass is 447 g/mol. The first-order chi connectivity index (χ1) is 13.5. The van der Waals surface area contributed by atoms with E-state index < -0.39 is 0 Å². The van der Waals surface area contributed by atoms with Crippen LogP contribution in [0.2, 0.25) is 0 Å². The molecule has 150 valence electrons. The lowest BCUT2D eigenvalue weighted by atomic mass is 10.2. The van der Waals surface area contributed by atoms with Crippen LogP contribution in [0.4, 0.5) is 5.69 Å². The largest absolute Gasteiger partial charge is 0.507 e. The van der Waals surface area contributed by atoms with Gasteiger partial charge in [0.1, 0.15) is 11.5 Å². The number of carbonyl (C=O) groups excluding carboxylic acids is 1. The number of ether oxygens (including phenoxy) is 1. The van der Waals surface area contributed by atoms with Crippen LogP contribution in [-0.4, -0.2) is 36.9 Å². The molecule has 0 aliphatic heterocycles. The van der Waals surface area contributed by atoms with Gasteiger partial charge in [-0.15, -0.1) is 0 Å². The normalized spacial score (nSPS) is 10.9. The highest BCUT2D eigenvalue weighted by Gasteiger charge is 2.07. The van der Waals surface area contributed by atoms with Gasteiger partial charge in [0, 0.05) is 30.4 Å². The smallest absolute Gasteiger partial charge is 0.277 e. The summed E-state index contributed by atoms with van der Waals surface area (Å²) in [5.74, 6) is 0.321. The minimum atomic E-state index is -0.387. The van der Waals surface area contributed by atoms with Gasteiger partial charge in [-0.3, -0.25) is 4.79 Å². The average Bonchev–Trinajstić information content (AvgIpc) is 2.69. The van der Waals surface area contributed by atoms with Gasteiger partial charge in [-0.25, -0.2) is 5.43 Å². The van der Waals surface area contributed by atoms with E-state index >= 15 is 0 Å². The highest BCUT2D eigenvalue weighted by atomic mass is 79.9. The fraction of sp³-hybridized carbons (Fsp3) is 0.333. The number of amides is 1. The summed E-state index contributed by atoms with van der Waals surface area (Å²) >= 11 is 3.44. The molecule has 0 saturated carbocycles. The van der Waals surface area contributed by atoms with Crippen LogP contribution >= 0.6 is 15.9 Å². The van der Waals surface area contributed by atoms with Crippen molar-refractivity contribution in [1.82, 2.24) is 5.43 Å². The van der Waals surface area contributed by atoms with Crippen molar-refractivity contribution in [3.8, 4) is 11.5 Å². The van der Waals surface area contributed by atoms with Crippen LogP contribution in [0.3, 0.4) is 0 Å². The molecule has 0 radical (unpaired) electrons. The number of hydrazone groups is 1. The van der Waals surface area contributed by atoms with E-state index in [-0.39, 0.29) is 18.3 Å². The summed E-state index contributed by atoms with van der Waals surface area (Å²) in [5, 5.41) is 14.1. The van der Waals surface area contributed by atoms with Crippen LogP contribution < -0.4 is 15.1 Å². The maximum absolute atomic E-state index is 11.9. The molecule has 0 fully saturated rings. The fourth-order valence-electron chi connectivity index (χ4n) is 2.66. The molecule has 2 aromatic carbocycles. The van der Waals surface area contributed by atoms with Crippen LogP contribution in [0.25, 0.3) is 0 Å². The topological polar surface area (TPSA) is 74.2 Å². The lowest BCUT2D eigenvalue weighted by Crippen LogP contribution is -2.24. The van der Waals surface area contributed by atoms with Crippen molar-refractivity contribution >= 4 is 33.7 Å². The molecule has 0 heterocycles. The first kappa shape index (κ1) is 21.8. The number of halogens is 1. The second-order valence-electron chi connectivity index (χ2n) is 6.12. The van der Waals surface area contributed by atoms with Crippen molar-refractivity contribution in [3.05, 3.63) is 52.0 Å². The molecule has 0 aliphatic rings. The first-order valence-corrected chi connectivity index (χ1v) is 10.1. The van der Waals surface area contributed by atoms with Crippen molar-refractivity contribution in [2.24, 2.45) is 5.10 Å². The van der Waals surface area contributed by atoms with Gasteiger partial charge >= 0.3 is 0 Å². The van der Waals surface area contributed by atoms with Crippen LogP contribution in [0.1, 0.15) is 31.9 Å². The zero-order valence-corrected chi connectivity index (χ0v) is 18.0. The maximum Gasteiger partial charge on any atom is 0.277 e. The van der Waals surface area contributed by atoms with Crippen molar-refractivity contribution in [1.29, 1.82) is 0 Å². The number of phenolic OH excluding ortho intramolecular Hbond substituents is 1. The van der Waals surface area contributed by atoms with Gasteiger partial charge in [-0.2, -0.15) is 5.10 Å². The fourth-order valence-corrected chi connectivity index (χ4v) is 3.20. The van der Waals surface area contributed by atoms with Crippen molar-refractivity contribution in [2.75, 3.05) is 24.6 Å². The Morgan fingerprint density at radius 3 is 2.57 bits per heavy atom. The predicted molar refractivity (Wildman–Crippen MR) is 116 cm³/mol. The van der Waals surface area contributed by atoms with Gasteiger partial charge in [-0.05, 0) is 66.0 Å². The highest BCUT2D eigenvalue weighted by Crippen LogP contribution is 2.26. The highest BCUT2D eigenvalue weighted by molar-refractivity contribution is 9.10. The molecule has 0 spiro atoms. The van der Waals surface area contributed by atoms with Crippen LogP contribution in [0, 0.1) is 0 Å². The zero-order valence-electron chi connectivity index (χ0n) is 16.4.